The van der Waals surface area contributed by atoms with Crippen LogP contribution in [0.2, 0.25) is 0 Å². The number of benzene rings is 6. The molecule has 0 N–H and O–H groups in total. The van der Waals surface area contributed by atoms with Gasteiger partial charge in [-0.05, 0) is 68.8 Å². The van der Waals surface area contributed by atoms with Gasteiger partial charge in [-0.15, -0.1) is 0 Å². The molecule has 0 bridgehead atoms. The van der Waals surface area contributed by atoms with E-state index in [4.69, 9.17) is 0 Å². The first-order valence-electron chi connectivity index (χ1n) is 17.4. The van der Waals surface area contributed by atoms with Crippen LogP contribution in [0.25, 0.3) is 88.1 Å². The molecule has 10 rings (SSSR count). The van der Waals surface area contributed by atoms with Crippen molar-refractivity contribution in [1.82, 2.24) is 19.9 Å². The monoisotopic (exact) mass is 828 g/mol. The number of halogens is 3. The Bertz CT molecular complexity index is 2450. The second-order valence-corrected chi connectivity index (χ2v) is 12.6. The van der Waals surface area contributed by atoms with Crippen molar-refractivity contribution >= 4 is 43.6 Å². The summed E-state index contributed by atoms with van der Waals surface area (Å²) in [5.74, 6) is 0. The minimum absolute atomic E-state index is 0. The second kappa shape index (κ2) is 18.8. The SMILES string of the molecule is [Cl-].[Cl-].[Cl-].[Co+3].c1ccc(-c2ccnc3c2ccc2c(-c4ccccc4)ccnc23)cc1.c1ccc(-c2ccnc3c2ccc2c(-c4ccccc4)ccnc23)cc1. The van der Waals surface area contributed by atoms with Crippen molar-refractivity contribution in [2.24, 2.45) is 0 Å². The van der Waals surface area contributed by atoms with Gasteiger partial charge in [0, 0.05) is 46.3 Å². The van der Waals surface area contributed by atoms with Crippen molar-refractivity contribution in [2.75, 3.05) is 0 Å². The standard InChI is InChI=1S/2C24H16N2.3ClH.Co/c2*1-3-7-17(8-4-1)19-13-15-25-23-21(19)11-12-22-20(14-16-26-24(22)23)18-9-5-2-6-10-18;;;;/h2*1-16H;3*1H;/q;;;;;+3/p-3. The summed E-state index contributed by atoms with van der Waals surface area (Å²) >= 11 is 0. The number of rotatable bonds is 4. The number of aromatic nitrogens is 4. The maximum absolute atomic E-state index is 4.67. The molecular weight excluding hydrogens is 798 g/mol. The smallest absolute Gasteiger partial charge is 1.00 e. The normalized spacial score (nSPS) is 10.3. The minimum atomic E-state index is 0. The van der Waals surface area contributed by atoms with Gasteiger partial charge in [-0.1, -0.05) is 146 Å². The van der Waals surface area contributed by atoms with Crippen LogP contribution in [-0.2, 0) is 16.8 Å². The Morgan fingerprint density at radius 2 is 0.429 bits per heavy atom. The third-order valence-electron chi connectivity index (χ3n) is 9.58. The summed E-state index contributed by atoms with van der Waals surface area (Å²) in [6.45, 7) is 0. The molecule has 0 aliphatic rings. The minimum Gasteiger partial charge on any atom is -1.00 e. The zero-order valence-electron chi connectivity index (χ0n) is 29.7. The topological polar surface area (TPSA) is 51.6 Å². The zero-order valence-corrected chi connectivity index (χ0v) is 33.0. The number of pyridine rings is 4. The molecule has 0 amide bonds. The molecule has 0 spiro atoms. The van der Waals surface area contributed by atoms with Crippen LogP contribution < -0.4 is 37.2 Å². The third-order valence-corrected chi connectivity index (χ3v) is 9.58. The van der Waals surface area contributed by atoms with E-state index in [1.807, 2.05) is 49.1 Å². The first kappa shape index (κ1) is 41.5. The molecule has 4 nitrogen and oxygen atoms in total. The quantitative estimate of drug-likeness (QED) is 0.256. The third kappa shape index (κ3) is 8.00. The van der Waals surface area contributed by atoms with Crippen LogP contribution in [0.1, 0.15) is 0 Å². The van der Waals surface area contributed by atoms with E-state index in [0.29, 0.717) is 0 Å². The Morgan fingerprint density at radius 1 is 0.232 bits per heavy atom. The predicted octanol–water partition coefficient (Wildman–Crippen LogP) is 3.24. The fourth-order valence-electron chi connectivity index (χ4n) is 7.13. The van der Waals surface area contributed by atoms with Gasteiger partial charge in [0.15, 0.2) is 0 Å². The van der Waals surface area contributed by atoms with E-state index in [-0.39, 0.29) is 54.0 Å². The van der Waals surface area contributed by atoms with Gasteiger partial charge in [0.25, 0.3) is 0 Å². The molecule has 8 heteroatoms. The molecule has 0 radical (unpaired) electrons. The molecule has 0 unspecified atom stereocenters. The first-order valence-corrected chi connectivity index (χ1v) is 17.4. The summed E-state index contributed by atoms with van der Waals surface area (Å²) in [7, 11) is 0. The molecule has 0 atom stereocenters. The average molecular weight is 830 g/mol. The van der Waals surface area contributed by atoms with Crippen LogP contribution in [0.3, 0.4) is 0 Å². The zero-order chi connectivity index (χ0) is 34.7. The Balaban J connectivity index is 0.000000200. The van der Waals surface area contributed by atoms with Crippen LogP contribution in [0.5, 0.6) is 0 Å². The molecule has 56 heavy (non-hydrogen) atoms. The number of fused-ring (bicyclic) bond motifs is 6. The summed E-state index contributed by atoms with van der Waals surface area (Å²) in [5.41, 5.74) is 13.3. The van der Waals surface area contributed by atoms with Crippen LogP contribution in [0, 0.1) is 0 Å². The molecule has 0 saturated heterocycles. The maximum Gasteiger partial charge on any atom is 3.00 e. The van der Waals surface area contributed by atoms with Crippen molar-refractivity contribution in [3.05, 3.63) is 195 Å². The average Bonchev–Trinajstić information content (AvgIpc) is 3.24. The number of hydrogen-bond donors (Lipinski definition) is 0. The van der Waals surface area contributed by atoms with Gasteiger partial charge in [-0.3, -0.25) is 19.9 Å². The summed E-state index contributed by atoms with van der Waals surface area (Å²) in [5, 5.41) is 4.51. The Hall–Kier alpha value is -5.66. The summed E-state index contributed by atoms with van der Waals surface area (Å²) in [6, 6.07) is 58.7. The second-order valence-electron chi connectivity index (χ2n) is 12.6. The van der Waals surface area contributed by atoms with E-state index in [9.17, 15) is 0 Å². The molecule has 10 aromatic rings. The Labute approximate surface area is 354 Å². The Kier molecular flexibility index (Phi) is 13.9. The van der Waals surface area contributed by atoms with Crippen LogP contribution in [0.4, 0.5) is 0 Å². The van der Waals surface area contributed by atoms with Gasteiger partial charge < -0.3 is 37.2 Å². The molecule has 4 heterocycles. The van der Waals surface area contributed by atoms with E-state index >= 15 is 0 Å². The molecule has 0 saturated carbocycles. The molecule has 0 fully saturated rings. The van der Waals surface area contributed by atoms with E-state index in [1.165, 1.54) is 44.5 Å². The van der Waals surface area contributed by atoms with Crippen LogP contribution in [0.15, 0.2) is 195 Å². The van der Waals surface area contributed by atoms with E-state index < -0.39 is 0 Å². The van der Waals surface area contributed by atoms with Crippen molar-refractivity contribution in [2.45, 2.75) is 0 Å². The van der Waals surface area contributed by atoms with Gasteiger partial charge in [-0.25, -0.2) is 0 Å². The van der Waals surface area contributed by atoms with Crippen molar-refractivity contribution in [3.8, 4) is 44.5 Å². The van der Waals surface area contributed by atoms with E-state index in [0.717, 1.165) is 43.6 Å². The number of hydrogen-bond acceptors (Lipinski definition) is 4. The summed E-state index contributed by atoms with van der Waals surface area (Å²) in [6.07, 6.45) is 7.50. The van der Waals surface area contributed by atoms with Gasteiger partial charge in [-0.2, -0.15) is 0 Å². The molecule has 6 aromatic carbocycles. The molecule has 274 valence electrons. The summed E-state index contributed by atoms with van der Waals surface area (Å²) < 4.78 is 0. The molecule has 0 aliphatic heterocycles. The molecule has 0 aliphatic carbocycles. The largest absolute Gasteiger partial charge is 3.00 e. The first-order chi connectivity index (χ1) is 25.8. The fourth-order valence-corrected chi connectivity index (χ4v) is 7.13. The van der Waals surface area contributed by atoms with Crippen LogP contribution in [-0.4, -0.2) is 19.9 Å². The van der Waals surface area contributed by atoms with Crippen molar-refractivity contribution in [3.63, 3.8) is 0 Å². The van der Waals surface area contributed by atoms with Crippen LogP contribution >= 0.6 is 0 Å². The van der Waals surface area contributed by atoms with Crippen molar-refractivity contribution < 1.29 is 54.0 Å². The van der Waals surface area contributed by atoms with Gasteiger partial charge >= 0.3 is 16.8 Å². The van der Waals surface area contributed by atoms with Gasteiger partial charge in [0.2, 0.25) is 0 Å². The van der Waals surface area contributed by atoms with Crippen molar-refractivity contribution in [1.29, 1.82) is 0 Å². The van der Waals surface area contributed by atoms with Gasteiger partial charge in [0.05, 0.1) is 22.1 Å². The summed E-state index contributed by atoms with van der Waals surface area (Å²) in [4.78, 5) is 18.7. The van der Waals surface area contributed by atoms with Gasteiger partial charge in [0.1, 0.15) is 0 Å². The predicted molar refractivity (Wildman–Crippen MR) is 216 cm³/mol. The van der Waals surface area contributed by atoms with E-state index in [2.05, 4.69) is 166 Å². The Morgan fingerprint density at radius 3 is 0.625 bits per heavy atom. The molecular formula is C48H32Cl3CoN4. The van der Waals surface area contributed by atoms with E-state index in [1.54, 1.807) is 0 Å². The molecule has 4 aromatic heterocycles. The number of nitrogens with zero attached hydrogens (tertiary/aromatic N) is 4. The fraction of sp³-hybridized carbons (Fsp3) is 0. The maximum atomic E-state index is 4.67.